The molecule has 3 nitrogen and oxygen atoms in total. The zero-order valence-electron chi connectivity index (χ0n) is 14.1. The van der Waals surface area contributed by atoms with Gasteiger partial charge < -0.3 is 10.2 Å². The number of aliphatic hydroxyl groups excluding tert-OH is 2. The average Bonchev–Trinajstić information content (AvgIpc) is 2.68. The topological polar surface area (TPSA) is 53.4 Å². The van der Waals surface area contributed by atoms with Crippen molar-refractivity contribution in [3.63, 3.8) is 0 Å². The van der Waals surface area contributed by atoms with E-state index in [0.29, 0.717) is 5.56 Å². The molecule has 0 fully saturated rings. The van der Waals surface area contributed by atoms with Gasteiger partial charge in [0.1, 0.15) is 29.3 Å². The van der Waals surface area contributed by atoms with E-state index in [1.54, 1.807) is 12.1 Å². The molecular weight excluding hydrogens is 355 g/mol. The van der Waals surface area contributed by atoms with E-state index in [-0.39, 0.29) is 28.9 Å². The van der Waals surface area contributed by atoms with Gasteiger partial charge in [-0.15, -0.1) is 0 Å². The van der Waals surface area contributed by atoms with Crippen LogP contribution in [0.15, 0.2) is 72.6 Å². The Balaban J connectivity index is 2.08. The third-order valence-corrected chi connectivity index (χ3v) is 4.15. The number of pyridine rings is 1. The van der Waals surface area contributed by atoms with Crippen LogP contribution < -0.4 is 0 Å². The van der Waals surface area contributed by atoms with Gasteiger partial charge in [0.05, 0.1) is 0 Å². The Labute approximate surface area is 154 Å². The maximum atomic E-state index is 14.1. The molecule has 1 atom stereocenters. The first-order valence-corrected chi connectivity index (χ1v) is 8.15. The summed E-state index contributed by atoms with van der Waals surface area (Å²) < 4.78 is 40.5. The summed E-state index contributed by atoms with van der Waals surface area (Å²) in [6, 6.07) is 11.3. The van der Waals surface area contributed by atoms with Crippen molar-refractivity contribution in [3.05, 3.63) is 107 Å². The monoisotopic (exact) mass is 371 g/mol. The van der Waals surface area contributed by atoms with Gasteiger partial charge in [-0.3, -0.25) is 4.98 Å². The molecule has 0 aliphatic rings. The van der Waals surface area contributed by atoms with Gasteiger partial charge in [0.25, 0.3) is 0 Å². The lowest BCUT2D eigenvalue weighted by molar-refractivity contribution is 0.209. The molecule has 0 aliphatic heterocycles. The normalized spacial score (nSPS) is 13.2. The van der Waals surface area contributed by atoms with Crippen LogP contribution in [0.5, 0.6) is 0 Å². The molecule has 0 amide bonds. The van der Waals surface area contributed by atoms with Crippen molar-refractivity contribution >= 4 is 5.76 Å². The van der Waals surface area contributed by atoms with Gasteiger partial charge in [-0.1, -0.05) is 12.1 Å². The Bertz CT molecular complexity index is 957. The largest absolute Gasteiger partial charge is 0.507 e. The number of hydrogen-bond donors (Lipinski definition) is 2. The fraction of sp³-hybridized carbons (Fsp3) is 0.0952. The number of halogens is 3. The minimum atomic E-state index is -1.28. The first-order valence-electron chi connectivity index (χ1n) is 8.15. The summed E-state index contributed by atoms with van der Waals surface area (Å²) in [6.45, 7) is 0. The highest BCUT2D eigenvalue weighted by atomic mass is 19.1. The van der Waals surface area contributed by atoms with Crippen molar-refractivity contribution in [2.45, 2.75) is 12.5 Å². The molecule has 27 heavy (non-hydrogen) atoms. The number of nitrogens with zero attached hydrogens (tertiary/aromatic N) is 1. The molecule has 3 aromatic rings. The van der Waals surface area contributed by atoms with Gasteiger partial charge in [0.15, 0.2) is 0 Å². The van der Waals surface area contributed by atoms with Crippen molar-refractivity contribution in [2.24, 2.45) is 0 Å². The fourth-order valence-corrected chi connectivity index (χ4v) is 2.71. The van der Waals surface area contributed by atoms with Gasteiger partial charge in [-0.05, 0) is 42.0 Å². The van der Waals surface area contributed by atoms with Crippen LogP contribution in [0, 0.1) is 17.5 Å². The van der Waals surface area contributed by atoms with Crippen LogP contribution in [-0.2, 0) is 6.42 Å². The lowest BCUT2D eigenvalue weighted by atomic mass is 9.93. The first kappa shape index (κ1) is 18.7. The second-order valence-corrected chi connectivity index (χ2v) is 5.98. The zero-order chi connectivity index (χ0) is 19.4. The van der Waals surface area contributed by atoms with Crippen molar-refractivity contribution in [1.29, 1.82) is 0 Å². The summed E-state index contributed by atoms with van der Waals surface area (Å²) in [7, 11) is 0. The summed E-state index contributed by atoms with van der Waals surface area (Å²) in [5.74, 6) is -2.31. The molecule has 138 valence electrons. The fourth-order valence-electron chi connectivity index (χ4n) is 2.71. The third kappa shape index (κ3) is 4.35. The highest BCUT2D eigenvalue weighted by Gasteiger charge is 2.21. The number of aromatic nitrogens is 1. The quantitative estimate of drug-likeness (QED) is 0.637. The van der Waals surface area contributed by atoms with Gasteiger partial charge in [0, 0.05) is 41.6 Å². The Hall–Kier alpha value is -3.12. The number of benzene rings is 2. The molecule has 2 N–H and O–H groups in total. The van der Waals surface area contributed by atoms with E-state index in [4.69, 9.17) is 0 Å². The predicted octanol–water partition coefficient (Wildman–Crippen LogP) is 4.74. The number of aliphatic hydroxyl groups is 2. The van der Waals surface area contributed by atoms with Crippen LogP contribution in [0.1, 0.15) is 22.8 Å². The number of rotatable bonds is 5. The summed E-state index contributed by atoms with van der Waals surface area (Å²) in [5.41, 5.74) is 0.837. The van der Waals surface area contributed by atoms with Crippen molar-refractivity contribution < 1.29 is 23.4 Å². The molecule has 2 aromatic carbocycles. The highest BCUT2D eigenvalue weighted by Crippen LogP contribution is 2.31. The van der Waals surface area contributed by atoms with Gasteiger partial charge in [-0.2, -0.15) is 0 Å². The molecule has 6 heteroatoms. The minimum absolute atomic E-state index is 0.0834. The van der Waals surface area contributed by atoms with Crippen LogP contribution in [0.3, 0.4) is 0 Å². The van der Waals surface area contributed by atoms with Crippen molar-refractivity contribution in [2.75, 3.05) is 0 Å². The molecule has 1 heterocycles. The van der Waals surface area contributed by atoms with E-state index in [2.05, 4.69) is 4.98 Å². The minimum Gasteiger partial charge on any atom is -0.507 e. The van der Waals surface area contributed by atoms with Gasteiger partial charge in [0.2, 0.25) is 0 Å². The Morgan fingerprint density at radius 2 is 1.67 bits per heavy atom. The summed E-state index contributed by atoms with van der Waals surface area (Å²) in [6.07, 6.45) is 1.49. The maximum absolute atomic E-state index is 14.1. The lowest BCUT2D eigenvalue weighted by Crippen LogP contribution is -2.09. The molecule has 3 rings (SSSR count). The third-order valence-electron chi connectivity index (χ3n) is 4.15. The molecule has 0 radical (unpaired) electrons. The Kier molecular flexibility index (Phi) is 5.57. The smallest absolute Gasteiger partial charge is 0.129 e. The predicted molar refractivity (Wildman–Crippen MR) is 95.2 cm³/mol. The summed E-state index contributed by atoms with van der Waals surface area (Å²) in [5, 5.41) is 21.4. The van der Waals surface area contributed by atoms with Crippen molar-refractivity contribution in [3.8, 4) is 0 Å². The molecule has 0 spiro atoms. The SMILES string of the molecule is O/C(=C(\Cc1ccc(F)cc1F)C(O)c1cccnc1)c1ccc(F)cc1. The Morgan fingerprint density at radius 3 is 2.30 bits per heavy atom. The van der Waals surface area contributed by atoms with Crippen molar-refractivity contribution in [1.82, 2.24) is 4.98 Å². The van der Waals surface area contributed by atoms with E-state index in [9.17, 15) is 23.4 Å². The average molecular weight is 371 g/mol. The summed E-state index contributed by atoms with van der Waals surface area (Å²) >= 11 is 0. The van der Waals surface area contributed by atoms with E-state index < -0.39 is 23.6 Å². The molecular formula is C21H16F3NO2. The Morgan fingerprint density at radius 1 is 0.963 bits per heavy atom. The van der Waals surface area contributed by atoms with E-state index in [1.807, 2.05) is 0 Å². The van der Waals surface area contributed by atoms with Crippen LogP contribution in [0.4, 0.5) is 13.2 Å². The number of hydrogen-bond acceptors (Lipinski definition) is 3. The first-order chi connectivity index (χ1) is 13.0. The molecule has 0 aliphatic carbocycles. The standard InChI is InChI=1S/C21H16F3NO2/c22-16-6-3-13(4-7-16)20(26)18(21(27)15-2-1-9-25-12-15)10-14-5-8-17(23)11-19(14)24/h1-9,11-12,21,26-27H,10H2/b20-18+. The lowest BCUT2D eigenvalue weighted by Gasteiger charge is -2.18. The van der Waals surface area contributed by atoms with E-state index in [0.717, 1.165) is 24.3 Å². The van der Waals surface area contributed by atoms with E-state index >= 15 is 0 Å². The molecule has 1 unspecified atom stereocenters. The summed E-state index contributed by atoms with van der Waals surface area (Å²) in [4.78, 5) is 3.93. The van der Waals surface area contributed by atoms with Gasteiger partial charge in [-0.25, -0.2) is 13.2 Å². The molecule has 0 saturated heterocycles. The van der Waals surface area contributed by atoms with Gasteiger partial charge >= 0.3 is 0 Å². The van der Waals surface area contributed by atoms with Crippen LogP contribution >= 0.6 is 0 Å². The molecule has 0 bridgehead atoms. The highest BCUT2D eigenvalue weighted by molar-refractivity contribution is 5.64. The van der Waals surface area contributed by atoms with E-state index in [1.165, 1.54) is 30.6 Å². The molecule has 0 saturated carbocycles. The second-order valence-electron chi connectivity index (χ2n) is 5.98. The zero-order valence-corrected chi connectivity index (χ0v) is 14.1. The van der Waals surface area contributed by atoms with Crippen LogP contribution in [-0.4, -0.2) is 15.2 Å². The molecule has 1 aromatic heterocycles. The second kappa shape index (κ2) is 8.05. The van der Waals surface area contributed by atoms with Crippen LogP contribution in [0.25, 0.3) is 5.76 Å². The van der Waals surface area contributed by atoms with Crippen LogP contribution in [0.2, 0.25) is 0 Å². The maximum Gasteiger partial charge on any atom is 0.129 e.